The third kappa shape index (κ3) is 3.97. The normalized spacial score (nSPS) is 10.9. The number of rotatable bonds is 6. The van der Waals surface area contributed by atoms with Gasteiger partial charge >= 0.3 is 0 Å². The van der Waals surface area contributed by atoms with Crippen molar-refractivity contribution in [3.63, 3.8) is 0 Å². The van der Waals surface area contributed by atoms with Crippen molar-refractivity contribution in [2.45, 2.75) is 11.5 Å². The van der Waals surface area contributed by atoms with Gasteiger partial charge in [-0.05, 0) is 35.9 Å². The van der Waals surface area contributed by atoms with Crippen LogP contribution in [0, 0.1) is 0 Å². The Labute approximate surface area is 154 Å². The summed E-state index contributed by atoms with van der Waals surface area (Å²) in [6.45, 7) is 0. The second-order valence-electron chi connectivity index (χ2n) is 5.47. The molecule has 0 aliphatic rings. The average molecular weight is 364 g/mol. The Bertz CT molecular complexity index is 916. The van der Waals surface area contributed by atoms with Gasteiger partial charge in [0.1, 0.15) is 5.01 Å². The van der Waals surface area contributed by atoms with Gasteiger partial charge in [-0.1, -0.05) is 18.2 Å². The highest BCUT2D eigenvalue weighted by molar-refractivity contribution is 7.97. The van der Waals surface area contributed by atoms with Crippen molar-refractivity contribution in [1.29, 1.82) is 0 Å². The van der Waals surface area contributed by atoms with E-state index >= 15 is 0 Å². The molecule has 0 radical (unpaired) electrons. The van der Waals surface area contributed by atoms with Crippen LogP contribution in [0.25, 0.3) is 16.4 Å². The Hall–Kier alpha value is -2.44. The van der Waals surface area contributed by atoms with E-state index in [4.69, 9.17) is 0 Å². The van der Waals surface area contributed by atoms with Gasteiger partial charge in [-0.15, -0.1) is 11.3 Å². The van der Waals surface area contributed by atoms with E-state index in [1.165, 1.54) is 5.56 Å². The van der Waals surface area contributed by atoms with Crippen LogP contribution in [0.15, 0.2) is 72.5 Å². The topological polar surface area (TPSA) is 43.6 Å². The number of pyridine rings is 1. The van der Waals surface area contributed by atoms with E-state index < -0.39 is 0 Å². The smallest absolute Gasteiger partial charge is 0.142 e. The number of hydrogen-bond acceptors (Lipinski definition) is 5. The first-order chi connectivity index (χ1) is 12.4. The van der Waals surface area contributed by atoms with Crippen LogP contribution >= 0.6 is 23.1 Å². The standard InChI is InChI=1S/C19H16N4S2/c1-2-9-20-18(4-1)19-22-16(14-25-19)13-24-12-15-5-7-17(8-6-15)23-11-3-10-21-23/h1-11,14H,12-13H2. The lowest BCUT2D eigenvalue weighted by atomic mass is 10.2. The van der Waals surface area contributed by atoms with E-state index in [0.29, 0.717) is 0 Å². The predicted octanol–water partition coefficient (Wildman–Crippen LogP) is 4.82. The molecule has 3 heterocycles. The molecule has 0 unspecified atom stereocenters. The van der Waals surface area contributed by atoms with Crippen molar-refractivity contribution in [3.05, 3.63) is 83.8 Å². The van der Waals surface area contributed by atoms with Crippen LogP contribution in [0.2, 0.25) is 0 Å². The molecule has 0 atom stereocenters. The fraction of sp³-hybridized carbons (Fsp3) is 0.105. The first kappa shape index (κ1) is 16.1. The molecule has 124 valence electrons. The molecular formula is C19H16N4S2. The highest BCUT2D eigenvalue weighted by atomic mass is 32.2. The Morgan fingerprint density at radius 2 is 1.88 bits per heavy atom. The van der Waals surface area contributed by atoms with Crippen LogP contribution in [-0.2, 0) is 11.5 Å². The molecule has 4 nitrogen and oxygen atoms in total. The van der Waals surface area contributed by atoms with Crippen LogP contribution in [0.1, 0.15) is 11.3 Å². The van der Waals surface area contributed by atoms with Gasteiger partial charge in [0.25, 0.3) is 0 Å². The van der Waals surface area contributed by atoms with Gasteiger partial charge < -0.3 is 0 Å². The molecule has 0 fully saturated rings. The maximum absolute atomic E-state index is 4.68. The molecule has 0 saturated carbocycles. The van der Waals surface area contributed by atoms with Crippen LogP contribution in [0.4, 0.5) is 0 Å². The molecular weight excluding hydrogens is 348 g/mol. The molecule has 1 aromatic carbocycles. The van der Waals surface area contributed by atoms with Gasteiger partial charge in [-0.2, -0.15) is 16.9 Å². The van der Waals surface area contributed by atoms with Crippen molar-refractivity contribution in [1.82, 2.24) is 19.7 Å². The summed E-state index contributed by atoms with van der Waals surface area (Å²) in [4.78, 5) is 9.04. The molecule has 0 saturated heterocycles. The number of thioether (sulfide) groups is 1. The molecule has 4 aromatic rings. The fourth-order valence-corrected chi connectivity index (χ4v) is 4.21. The zero-order chi connectivity index (χ0) is 16.9. The lowest BCUT2D eigenvalue weighted by Crippen LogP contribution is -1.94. The van der Waals surface area contributed by atoms with Gasteiger partial charge in [0.05, 0.1) is 17.1 Å². The Morgan fingerprint density at radius 3 is 2.64 bits per heavy atom. The number of thiazole rings is 1. The van der Waals surface area contributed by atoms with Gasteiger partial charge in [-0.3, -0.25) is 4.98 Å². The summed E-state index contributed by atoms with van der Waals surface area (Å²) in [5, 5.41) is 7.35. The summed E-state index contributed by atoms with van der Waals surface area (Å²) in [6.07, 6.45) is 5.54. The second-order valence-corrected chi connectivity index (χ2v) is 7.31. The molecule has 4 rings (SSSR count). The molecule has 0 spiro atoms. The minimum Gasteiger partial charge on any atom is -0.254 e. The first-order valence-corrected chi connectivity index (χ1v) is 9.94. The van der Waals surface area contributed by atoms with Crippen LogP contribution < -0.4 is 0 Å². The number of aromatic nitrogens is 4. The summed E-state index contributed by atoms with van der Waals surface area (Å²) in [7, 11) is 0. The van der Waals surface area contributed by atoms with Crippen molar-refractivity contribution in [3.8, 4) is 16.4 Å². The van der Waals surface area contributed by atoms with Crippen LogP contribution in [0.3, 0.4) is 0 Å². The van der Waals surface area contributed by atoms with Crippen molar-refractivity contribution < 1.29 is 0 Å². The monoisotopic (exact) mass is 364 g/mol. The fourth-order valence-electron chi connectivity index (χ4n) is 2.42. The van der Waals surface area contributed by atoms with Gasteiger partial charge in [-0.25, -0.2) is 9.67 Å². The second kappa shape index (κ2) is 7.63. The molecule has 0 bridgehead atoms. The molecule has 0 amide bonds. The van der Waals surface area contributed by atoms with E-state index in [-0.39, 0.29) is 0 Å². The van der Waals surface area contributed by atoms with E-state index in [1.807, 2.05) is 46.9 Å². The third-order valence-electron chi connectivity index (χ3n) is 3.66. The summed E-state index contributed by atoms with van der Waals surface area (Å²) in [5.41, 5.74) is 4.45. The van der Waals surface area contributed by atoms with Crippen molar-refractivity contribution >= 4 is 23.1 Å². The summed E-state index contributed by atoms with van der Waals surface area (Å²) < 4.78 is 1.87. The molecule has 25 heavy (non-hydrogen) atoms. The van der Waals surface area contributed by atoms with Crippen LogP contribution in [0.5, 0.6) is 0 Å². The maximum atomic E-state index is 4.68. The molecule has 6 heteroatoms. The largest absolute Gasteiger partial charge is 0.254 e. The summed E-state index contributed by atoms with van der Waals surface area (Å²) in [5.74, 6) is 1.88. The lowest BCUT2D eigenvalue weighted by Gasteiger charge is -2.04. The summed E-state index contributed by atoms with van der Waals surface area (Å²) >= 11 is 3.53. The number of nitrogens with zero attached hydrogens (tertiary/aromatic N) is 4. The van der Waals surface area contributed by atoms with Crippen LogP contribution in [-0.4, -0.2) is 19.7 Å². The van der Waals surface area contributed by atoms with E-state index in [1.54, 1.807) is 23.7 Å². The SMILES string of the molecule is c1ccc(-c2nc(CSCc3ccc(-n4cccn4)cc3)cs2)nc1. The minimum absolute atomic E-state index is 0.907. The Kier molecular flexibility index (Phi) is 4.90. The molecule has 3 aromatic heterocycles. The molecule has 0 aliphatic carbocycles. The van der Waals surface area contributed by atoms with Crippen molar-refractivity contribution in [2.24, 2.45) is 0 Å². The Morgan fingerprint density at radius 1 is 0.960 bits per heavy atom. The number of benzene rings is 1. The summed E-state index contributed by atoms with van der Waals surface area (Å²) in [6, 6.07) is 16.4. The quantitative estimate of drug-likeness (QED) is 0.492. The van der Waals surface area contributed by atoms with Gasteiger partial charge in [0.15, 0.2) is 0 Å². The Balaban J connectivity index is 1.33. The van der Waals surface area contributed by atoms with Crippen molar-refractivity contribution in [2.75, 3.05) is 0 Å². The first-order valence-electron chi connectivity index (χ1n) is 7.91. The molecule has 0 N–H and O–H groups in total. The maximum Gasteiger partial charge on any atom is 0.142 e. The zero-order valence-corrected chi connectivity index (χ0v) is 15.1. The van der Waals surface area contributed by atoms with E-state index in [2.05, 4.69) is 44.7 Å². The molecule has 0 aliphatic heterocycles. The van der Waals surface area contributed by atoms with E-state index in [9.17, 15) is 0 Å². The number of hydrogen-bond donors (Lipinski definition) is 0. The highest BCUT2D eigenvalue weighted by Gasteiger charge is 2.06. The van der Waals surface area contributed by atoms with Gasteiger partial charge in [0.2, 0.25) is 0 Å². The van der Waals surface area contributed by atoms with E-state index in [0.717, 1.165) is 33.6 Å². The van der Waals surface area contributed by atoms with Gasteiger partial charge in [0, 0.05) is 35.5 Å². The highest BCUT2D eigenvalue weighted by Crippen LogP contribution is 2.25. The predicted molar refractivity (Wildman–Crippen MR) is 104 cm³/mol. The zero-order valence-electron chi connectivity index (χ0n) is 13.4. The lowest BCUT2D eigenvalue weighted by molar-refractivity contribution is 0.880. The minimum atomic E-state index is 0.907. The average Bonchev–Trinajstić information content (AvgIpc) is 3.35. The third-order valence-corrected chi connectivity index (χ3v) is 5.61.